The molecule has 0 aromatic heterocycles. The molecule has 1 fully saturated rings. The topological polar surface area (TPSA) is 155 Å². The Morgan fingerprint density at radius 1 is 1.00 bits per heavy atom. The Bertz CT molecular complexity index is 1380. The van der Waals surface area contributed by atoms with E-state index in [9.17, 15) is 33.5 Å². The molecular weight excluding hydrogens is 683 g/mol. The molecule has 1 aliphatic rings. The summed E-state index contributed by atoms with van der Waals surface area (Å²) in [7, 11) is 6.46. The molecule has 0 aliphatic carbocycles. The maximum Gasteiger partial charge on any atom is 0.326 e. The molecule has 13 heteroatoms. The van der Waals surface area contributed by atoms with Gasteiger partial charge in [-0.25, -0.2) is 9.18 Å². The molecule has 1 aromatic rings. The molecule has 53 heavy (non-hydrogen) atoms. The van der Waals surface area contributed by atoms with Gasteiger partial charge in [0.15, 0.2) is 5.78 Å². The summed E-state index contributed by atoms with van der Waals surface area (Å²) in [6.07, 6.45) is 0.389. The number of hydrogen-bond acceptors (Lipinski definition) is 8. The van der Waals surface area contributed by atoms with Gasteiger partial charge in [-0.1, -0.05) is 73.1 Å². The highest BCUT2D eigenvalue weighted by molar-refractivity contribution is 5.90. The maximum atomic E-state index is 14.3. The summed E-state index contributed by atoms with van der Waals surface area (Å²) < 4.78 is 26.1. The summed E-state index contributed by atoms with van der Waals surface area (Å²) >= 11 is 0. The zero-order valence-corrected chi connectivity index (χ0v) is 33.7. The van der Waals surface area contributed by atoms with Crippen LogP contribution in [0.5, 0.6) is 0 Å². The van der Waals surface area contributed by atoms with Gasteiger partial charge >= 0.3 is 5.97 Å². The number of hydrogen-bond donors (Lipinski definition) is 3. The van der Waals surface area contributed by atoms with E-state index < -0.39 is 59.9 Å². The average molecular weight is 749 g/mol. The maximum absolute atomic E-state index is 14.3. The van der Waals surface area contributed by atoms with Crippen LogP contribution in [-0.2, 0) is 39.9 Å². The van der Waals surface area contributed by atoms with Crippen molar-refractivity contribution < 1.29 is 42.9 Å². The average Bonchev–Trinajstić information content (AvgIpc) is 3.60. The lowest BCUT2D eigenvalue weighted by atomic mass is 9.84. The number of likely N-dealkylation sites (N-methyl/N-ethyl adjacent to an activating group) is 2. The van der Waals surface area contributed by atoms with E-state index in [1.165, 1.54) is 32.4 Å². The standard InChI is InChI=1S/C40H65FN4O8/c1-12-25(6)36(44(9)39(49)28(23(2)3)21-32(46)35(42-8)24(4)5)33(52-10)22-34(47)45-19-15-18-31(45)37(53-11)26(7)38(48)43-30(40(50)51)20-27-16-13-14-17-29(27)41/h13-14,16-17,23-26,28,30-31,33,35-37,42H,12,15,18-22H2,1-11H3,(H,43,48)(H,50,51)/t25-,26+,28-,30-,31-,33+,35-,36-,37+/m0/s1. The molecule has 12 nitrogen and oxygen atoms in total. The second kappa shape index (κ2) is 21.5. The molecule has 1 heterocycles. The molecule has 0 saturated carbocycles. The minimum atomic E-state index is -1.37. The monoisotopic (exact) mass is 748 g/mol. The van der Waals surface area contributed by atoms with Crippen molar-refractivity contribution in [3.8, 4) is 0 Å². The summed E-state index contributed by atoms with van der Waals surface area (Å²) in [6, 6.07) is 3.15. The lowest BCUT2D eigenvalue weighted by Crippen LogP contribution is -2.55. The third kappa shape index (κ3) is 12.0. The van der Waals surface area contributed by atoms with Gasteiger partial charge in [0, 0.05) is 46.6 Å². The molecule has 2 rings (SSSR count). The first kappa shape index (κ1) is 45.7. The van der Waals surface area contributed by atoms with Gasteiger partial charge in [0.1, 0.15) is 11.9 Å². The van der Waals surface area contributed by atoms with Crippen molar-refractivity contribution in [2.45, 2.75) is 123 Å². The predicted octanol–water partition coefficient (Wildman–Crippen LogP) is 4.33. The Morgan fingerprint density at radius 2 is 1.64 bits per heavy atom. The Morgan fingerprint density at radius 3 is 2.15 bits per heavy atom. The number of carboxylic acid groups (broad SMARTS) is 1. The molecule has 1 aliphatic heterocycles. The summed E-state index contributed by atoms with van der Waals surface area (Å²) in [5.74, 6) is -4.29. The molecule has 3 amide bonds. The van der Waals surface area contributed by atoms with Crippen LogP contribution < -0.4 is 10.6 Å². The van der Waals surface area contributed by atoms with Crippen molar-refractivity contribution in [1.29, 1.82) is 0 Å². The number of benzene rings is 1. The zero-order chi connectivity index (χ0) is 40.2. The molecule has 1 aromatic carbocycles. The molecule has 0 radical (unpaired) electrons. The SMILES string of the molecule is CC[C@H](C)[C@@H]([C@@H](CC(=O)N1CCC[C@H]1[C@H](OC)[C@@H](C)C(=O)N[C@@H](Cc1ccccc1F)C(=O)O)OC)N(C)C(=O)[C@@H](CC(=O)[C@@H](NC)C(C)C)C(C)C. The smallest absolute Gasteiger partial charge is 0.326 e. The number of aliphatic carboxylic acids is 1. The lowest BCUT2D eigenvalue weighted by Gasteiger charge is -2.41. The minimum absolute atomic E-state index is 0.0132. The van der Waals surface area contributed by atoms with E-state index in [0.29, 0.717) is 19.4 Å². The van der Waals surface area contributed by atoms with Crippen molar-refractivity contribution in [3.05, 3.63) is 35.6 Å². The van der Waals surface area contributed by atoms with E-state index in [2.05, 4.69) is 10.6 Å². The molecular formula is C40H65FN4O8. The van der Waals surface area contributed by atoms with Crippen LogP contribution in [0.4, 0.5) is 4.39 Å². The molecule has 9 atom stereocenters. The summed E-state index contributed by atoms with van der Waals surface area (Å²) in [5, 5.41) is 15.5. The number of ketones is 1. The minimum Gasteiger partial charge on any atom is -0.480 e. The van der Waals surface area contributed by atoms with Crippen molar-refractivity contribution >= 4 is 29.5 Å². The van der Waals surface area contributed by atoms with Crippen LogP contribution >= 0.6 is 0 Å². The molecule has 0 unspecified atom stereocenters. The third-order valence-electron chi connectivity index (χ3n) is 11.1. The Kier molecular flexibility index (Phi) is 18.5. The van der Waals surface area contributed by atoms with Crippen molar-refractivity contribution in [3.63, 3.8) is 0 Å². The summed E-state index contributed by atoms with van der Waals surface area (Å²) in [6.45, 7) is 13.9. The molecule has 300 valence electrons. The van der Waals surface area contributed by atoms with Crippen molar-refractivity contribution in [2.75, 3.05) is 34.9 Å². The number of rotatable bonds is 22. The molecule has 1 saturated heterocycles. The van der Waals surface area contributed by atoms with Crippen LogP contribution in [0, 0.1) is 35.4 Å². The molecule has 0 spiro atoms. The zero-order valence-electron chi connectivity index (χ0n) is 33.7. The second-order valence-electron chi connectivity index (χ2n) is 15.3. The number of carbonyl (C=O) groups is 5. The molecule has 0 bridgehead atoms. The fourth-order valence-corrected chi connectivity index (χ4v) is 7.77. The van der Waals surface area contributed by atoms with E-state index in [0.717, 1.165) is 6.42 Å². The largest absolute Gasteiger partial charge is 0.480 e. The highest BCUT2D eigenvalue weighted by atomic mass is 19.1. The number of amides is 3. The van der Waals surface area contributed by atoms with E-state index in [-0.39, 0.29) is 66.2 Å². The first-order valence-corrected chi connectivity index (χ1v) is 19.0. The fraction of sp³-hybridized carbons (Fsp3) is 0.725. The lowest BCUT2D eigenvalue weighted by molar-refractivity contribution is -0.149. The van der Waals surface area contributed by atoms with Gasteiger partial charge in [-0.15, -0.1) is 0 Å². The number of methoxy groups -OCH3 is 2. The Hall–Kier alpha value is -3.42. The van der Waals surface area contributed by atoms with Crippen LogP contribution in [0.2, 0.25) is 0 Å². The van der Waals surface area contributed by atoms with Crippen LogP contribution in [0.25, 0.3) is 0 Å². The van der Waals surface area contributed by atoms with Gasteiger partial charge in [0.25, 0.3) is 0 Å². The molecule has 3 N–H and O–H groups in total. The normalized spacial score (nSPS) is 19.2. The summed E-state index contributed by atoms with van der Waals surface area (Å²) in [4.78, 5) is 70.5. The number of ether oxygens (including phenoxy) is 2. The predicted molar refractivity (Wildman–Crippen MR) is 201 cm³/mol. The van der Waals surface area contributed by atoms with Crippen LogP contribution in [0.1, 0.15) is 86.1 Å². The van der Waals surface area contributed by atoms with Gasteiger partial charge in [-0.05, 0) is 49.3 Å². The van der Waals surface area contributed by atoms with Crippen LogP contribution in [0.15, 0.2) is 24.3 Å². The van der Waals surface area contributed by atoms with E-state index in [4.69, 9.17) is 9.47 Å². The van der Waals surface area contributed by atoms with Crippen LogP contribution in [-0.4, -0.2) is 116 Å². The Labute approximate surface area is 315 Å². The van der Waals surface area contributed by atoms with Gasteiger partial charge in [-0.3, -0.25) is 19.2 Å². The number of Topliss-reactive ketones (excluding diaryl/α,β-unsaturated/α-hetero) is 1. The van der Waals surface area contributed by atoms with Gasteiger partial charge < -0.3 is 35.0 Å². The third-order valence-corrected chi connectivity index (χ3v) is 11.1. The van der Waals surface area contributed by atoms with E-state index in [1.807, 2.05) is 41.5 Å². The first-order valence-electron chi connectivity index (χ1n) is 19.0. The number of nitrogens with one attached hydrogen (secondary N) is 2. The second-order valence-corrected chi connectivity index (χ2v) is 15.3. The number of likely N-dealkylation sites (tertiary alicyclic amines) is 1. The highest BCUT2D eigenvalue weighted by Gasteiger charge is 2.43. The highest BCUT2D eigenvalue weighted by Crippen LogP contribution is 2.31. The number of nitrogens with zero attached hydrogens (tertiary/aromatic N) is 2. The number of carbonyl (C=O) groups excluding carboxylic acids is 4. The van der Waals surface area contributed by atoms with E-state index in [1.54, 1.807) is 36.9 Å². The van der Waals surface area contributed by atoms with Gasteiger partial charge in [0.2, 0.25) is 17.7 Å². The Balaban J connectivity index is 2.27. The quantitative estimate of drug-likeness (QED) is 0.157. The number of carboxylic acids is 1. The van der Waals surface area contributed by atoms with Gasteiger partial charge in [0.05, 0.1) is 42.7 Å². The van der Waals surface area contributed by atoms with Crippen LogP contribution in [0.3, 0.4) is 0 Å². The van der Waals surface area contributed by atoms with E-state index >= 15 is 0 Å². The number of halogens is 1. The van der Waals surface area contributed by atoms with Gasteiger partial charge in [-0.2, -0.15) is 0 Å². The fourth-order valence-electron chi connectivity index (χ4n) is 7.77. The first-order chi connectivity index (χ1) is 24.9. The van der Waals surface area contributed by atoms with Crippen molar-refractivity contribution in [2.24, 2.45) is 29.6 Å². The van der Waals surface area contributed by atoms with Crippen molar-refractivity contribution in [1.82, 2.24) is 20.4 Å². The summed E-state index contributed by atoms with van der Waals surface area (Å²) in [5.41, 5.74) is 0.168.